The quantitative estimate of drug-likeness (QED) is 0.911. The van der Waals surface area contributed by atoms with E-state index in [0.29, 0.717) is 31.5 Å². The van der Waals surface area contributed by atoms with Gasteiger partial charge in [0.15, 0.2) is 0 Å². The van der Waals surface area contributed by atoms with Crippen molar-refractivity contribution in [2.75, 3.05) is 13.1 Å². The highest BCUT2D eigenvalue weighted by atomic mass is 19.1. The van der Waals surface area contributed by atoms with Crippen LogP contribution >= 0.6 is 0 Å². The molecule has 6 heteroatoms. The summed E-state index contributed by atoms with van der Waals surface area (Å²) in [6.45, 7) is 1.06. The minimum absolute atomic E-state index is 0.0251. The lowest BCUT2D eigenvalue weighted by atomic mass is 10.1. The van der Waals surface area contributed by atoms with Crippen molar-refractivity contribution in [3.05, 3.63) is 65.7 Å². The van der Waals surface area contributed by atoms with E-state index in [-0.39, 0.29) is 23.7 Å². The van der Waals surface area contributed by atoms with Gasteiger partial charge in [0.25, 0.3) is 5.91 Å². The molecule has 0 saturated carbocycles. The van der Waals surface area contributed by atoms with Gasteiger partial charge in [0.2, 0.25) is 5.91 Å². The van der Waals surface area contributed by atoms with Crippen LogP contribution in [0.5, 0.6) is 0 Å². The molecule has 1 aromatic carbocycles. The summed E-state index contributed by atoms with van der Waals surface area (Å²) in [5, 5.41) is 2.88. The first kappa shape index (κ1) is 16.1. The number of carbonyl (C=O) groups excluding carboxylic acids is 2. The summed E-state index contributed by atoms with van der Waals surface area (Å²) >= 11 is 0. The van der Waals surface area contributed by atoms with E-state index in [9.17, 15) is 14.0 Å². The zero-order chi connectivity index (χ0) is 16.9. The predicted octanol–water partition coefficient (Wildman–Crippen LogP) is 1.79. The normalized spacial score (nSPS) is 17.1. The maximum Gasteiger partial charge on any atom is 0.251 e. The van der Waals surface area contributed by atoms with Crippen LogP contribution in [0.4, 0.5) is 4.39 Å². The van der Waals surface area contributed by atoms with E-state index in [1.165, 1.54) is 12.1 Å². The van der Waals surface area contributed by atoms with E-state index in [4.69, 9.17) is 0 Å². The molecule has 1 saturated heterocycles. The first-order valence-corrected chi connectivity index (χ1v) is 7.85. The number of pyridine rings is 1. The number of nitrogens with zero attached hydrogens (tertiary/aromatic N) is 2. The number of hydrogen-bond donors (Lipinski definition) is 1. The number of nitrogens with one attached hydrogen (secondary N) is 1. The summed E-state index contributed by atoms with van der Waals surface area (Å²) in [6.07, 6.45) is 4.09. The fourth-order valence-electron chi connectivity index (χ4n) is 2.77. The molecule has 3 rings (SSSR count). The van der Waals surface area contributed by atoms with Crippen molar-refractivity contribution in [3.63, 3.8) is 0 Å². The van der Waals surface area contributed by atoms with Crippen LogP contribution in [0, 0.1) is 5.82 Å². The fourth-order valence-corrected chi connectivity index (χ4v) is 2.77. The molecule has 2 heterocycles. The highest BCUT2D eigenvalue weighted by Gasteiger charge is 2.30. The van der Waals surface area contributed by atoms with Crippen LogP contribution in [0.2, 0.25) is 0 Å². The van der Waals surface area contributed by atoms with Gasteiger partial charge in [0.05, 0.1) is 6.04 Å². The summed E-state index contributed by atoms with van der Waals surface area (Å²) in [5.74, 6) is -0.442. The van der Waals surface area contributed by atoms with E-state index < -0.39 is 0 Å². The largest absolute Gasteiger partial charge is 0.347 e. The maximum absolute atomic E-state index is 12.9. The van der Waals surface area contributed by atoms with Crippen LogP contribution in [-0.4, -0.2) is 40.8 Å². The third-order valence-corrected chi connectivity index (χ3v) is 4.08. The number of likely N-dealkylation sites (tertiary alicyclic amines) is 1. The second-order valence-corrected chi connectivity index (χ2v) is 5.83. The standard InChI is InChI=1S/C18H18FN3O2/c19-15-3-1-13(2-4-15)7-10-22-12-16(11-17(22)23)21-18(24)14-5-8-20-9-6-14/h1-6,8-9,16H,7,10-12H2,(H,21,24). The molecule has 0 radical (unpaired) electrons. The Hall–Kier alpha value is -2.76. The number of amides is 2. The van der Waals surface area contributed by atoms with Crippen molar-refractivity contribution in [2.24, 2.45) is 0 Å². The zero-order valence-electron chi connectivity index (χ0n) is 13.1. The molecular weight excluding hydrogens is 309 g/mol. The zero-order valence-corrected chi connectivity index (χ0v) is 13.1. The topological polar surface area (TPSA) is 62.3 Å². The van der Waals surface area contributed by atoms with E-state index in [1.54, 1.807) is 41.6 Å². The number of carbonyl (C=O) groups is 2. The molecule has 2 amide bonds. The van der Waals surface area contributed by atoms with Crippen molar-refractivity contribution in [3.8, 4) is 0 Å². The molecule has 1 atom stereocenters. The Labute approximate surface area is 139 Å². The maximum atomic E-state index is 12.9. The number of hydrogen-bond acceptors (Lipinski definition) is 3. The van der Waals surface area contributed by atoms with Gasteiger partial charge in [0.1, 0.15) is 5.82 Å². The third kappa shape index (κ3) is 3.95. The van der Waals surface area contributed by atoms with Crippen molar-refractivity contribution in [1.29, 1.82) is 0 Å². The summed E-state index contributed by atoms with van der Waals surface area (Å²) in [4.78, 5) is 29.8. The molecule has 1 aliphatic rings. The van der Waals surface area contributed by atoms with Crippen LogP contribution in [0.1, 0.15) is 22.3 Å². The van der Waals surface area contributed by atoms with Crippen LogP contribution in [0.15, 0.2) is 48.8 Å². The Morgan fingerprint density at radius 2 is 1.92 bits per heavy atom. The minimum Gasteiger partial charge on any atom is -0.347 e. The second kappa shape index (κ2) is 7.21. The van der Waals surface area contributed by atoms with E-state index in [2.05, 4.69) is 10.3 Å². The SMILES string of the molecule is O=C(NC1CC(=O)N(CCc2ccc(F)cc2)C1)c1ccncc1. The minimum atomic E-state index is -0.269. The predicted molar refractivity (Wildman–Crippen MR) is 86.8 cm³/mol. The molecule has 5 nitrogen and oxygen atoms in total. The Balaban J connectivity index is 1.52. The van der Waals surface area contributed by atoms with Gasteiger partial charge in [-0.2, -0.15) is 0 Å². The fraction of sp³-hybridized carbons (Fsp3) is 0.278. The molecule has 1 N–H and O–H groups in total. The molecule has 1 aliphatic heterocycles. The Morgan fingerprint density at radius 1 is 1.21 bits per heavy atom. The van der Waals surface area contributed by atoms with Gasteiger partial charge in [0, 0.05) is 37.5 Å². The van der Waals surface area contributed by atoms with Gasteiger partial charge in [-0.15, -0.1) is 0 Å². The van der Waals surface area contributed by atoms with Crippen LogP contribution in [0.3, 0.4) is 0 Å². The molecule has 0 spiro atoms. The Kier molecular flexibility index (Phi) is 4.84. The smallest absolute Gasteiger partial charge is 0.251 e. The van der Waals surface area contributed by atoms with E-state index in [0.717, 1.165) is 5.56 Å². The van der Waals surface area contributed by atoms with Crippen molar-refractivity contribution < 1.29 is 14.0 Å². The third-order valence-electron chi connectivity index (χ3n) is 4.08. The van der Waals surface area contributed by atoms with Crippen molar-refractivity contribution >= 4 is 11.8 Å². The molecule has 1 aromatic heterocycles. The molecule has 1 unspecified atom stereocenters. The summed E-state index contributed by atoms with van der Waals surface area (Å²) in [7, 11) is 0. The molecule has 24 heavy (non-hydrogen) atoms. The highest BCUT2D eigenvalue weighted by Crippen LogP contribution is 2.13. The molecule has 124 valence electrons. The van der Waals surface area contributed by atoms with Gasteiger partial charge in [-0.05, 0) is 36.2 Å². The Morgan fingerprint density at radius 3 is 2.62 bits per heavy atom. The summed E-state index contributed by atoms with van der Waals surface area (Å²) < 4.78 is 12.9. The number of benzene rings is 1. The number of halogens is 1. The van der Waals surface area contributed by atoms with E-state index >= 15 is 0 Å². The van der Waals surface area contributed by atoms with Crippen LogP contribution in [-0.2, 0) is 11.2 Å². The monoisotopic (exact) mass is 327 g/mol. The van der Waals surface area contributed by atoms with Crippen molar-refractivity contribution in [2.45, 2.75) is 18.9 Å². The lowest BCUT2D eigenvalue weighted by molar-refractivity contribution is -0.127. The second-order valence-electron chi connectivity index (χ2n) is 5.83. The molecule has 0 bridgehead atoms. The van der Waals surface area contributed by atoms with Crippen LogP contribution < -0.4 is 5.32 Å². The number of aromatic nitrogens is 1. The molecule has 2 aromatic rings. The molecule has 1 fully saturated rings. The lowest BCUT2D eigenvalue weighted by Gasteiger charge is -2.17. The molecule has 0 aliphatic carbocycles. The average molecular weight is 327 g/mol. The average Bonchev–Trinajstić information content (AvgIpc) is 2.94. The van der Waals surface area contributed by atoms with Gasteiger partial charge in [-0.25, -0.2) is 4.39 Å². The Bertz CT molecular complexity index is 719. The van der Waals surface area contributed by atoms with Gasteiger partial charge >= 0.3 is 0 Å². The van der Waals surface area contributed by atoms with Gasteiger partial charge in [-0.3, -0.25) is 14.6 Å². The van der Waals surface area contributed by atoms with Crippen LogP contribution in [0.25, 0.3) is 0 Å². The lowest BCUT2D eigenvalue weighted by Crippen LogP contribution is -2.37. The highest BCUT2D eigenvalue weighted by molar-refractivity contribution is 5.94. The first-order chi connectivity index (χ1) is 11.6. The number of rotatable bonds is 5. The van der Waals surface area contributed by atoms with Gasteiger partial charge in [-0.1, -0.05) is 12.1 Å². The van der Waals surface area contributed by atoms with Gasteiger partial charge < -0.3 is 10.2 Å². The summed E-state index contributed by atoms with van der Waals surface area (Å²) in [5.41, 5.74) is 1.51. The first-order valence-electron chi connectivity index (χ1n) is 7.85. The molecular formula is C18H18FN3O2. The summed E-state index contributed by atoms with van der Waals surface area (Å²) in [6, 6.07) is 9.36. The van der Waals surface area contributed by atoms with Crippen molar-refractivity contribution in [1.82, 2.24) is 15.2 Å². The van der Waals surface area contributed by atoms with E-state index in [1.807, 2.05) is 0 Å².